The second kappa shape index (κ2) is 8.18. The number of carbonyl (C=O) groups is 1. The minimum absolute atomic E-state index is 0.0399. The van der Waals surface area contributed by atoms with Gasteiger partial charge in [-0.1, -0.05) is 6.07 Å². The number of amides is 1. The summed E-state index contributed by atoms with van der Waals surface area (Å²) in [6.45, 7) is 7.40. The Bertz CT molecular complexity index is 694. The van der Waals surface area contributed by atoms with Crippen LogP contribution in [0.1, 0.15) is 33.5 Å². The molecule has 1 aliphatic rings. The fourth-order valence-corrected chi connectivity index (χ4v) is 3.14. The van der Waals surface area contributed by atoms with E-state index in [0.717, 1.165) is 30.2 Å². The van der Waals surface area contributed by atoms with E-state index in [0.29, 0.717) is 25.3 Å². The molecule has 25 heavy (non-hydrogen) atoms. The van der Waals surface area contributed by atoms with Crippen LogP contribution in [0.3, 0.4) is 0 Å². The summed E-state index contributed by atoms with van der Waals surface area (Å²) in [7, 11) is 0. The summed E-state index contributed by atoms with van der Waals surface area (Å²) in [4.78, 5) is 23.7. The van der Waals surface area contributed by atoms with E-state index in [1.54, 1.807) is 6.20 Å². The molecule has 2 aromatic heterocycles. The Morgan fingerprint density at radius 2 is 1.96 bits per heavy atom. The van der Waals surface area contributed by atoms with Crippen molar-refractivity contribution in [2.24, 2.45) is 0 Å². The number of morpholine rings is 1. The van der Waals surface area contributed by atoms with Gasteiger partial charge in [0.05, 0.1) is 24.9 Å². The van der Waals surface area contributed by atoms with Gasteiger partial charge in [0.15, 0.2) is 0 Å². The highest BCUT2D eigenvalue weighted by atomic mass is 16.5. The molecular formula is C19H24N4O2. The van der Waals surface area contributed by atoms with Crippen molar-refractivity contribution in [2.45, 2.75) is 19.9 Å². The summed E-state index contributed by atoms with van der Waals surface area (Å²) in [6.07, 6.45) is 1.79. The van der Waals surface area contributed by atoms with Crippen LogP contribution in [-0.4, -0.2) is 53.6 Å². The summed E-state index contributed by atoms with van der Waals surface area (Å²) in [6, 6.07) is 9.55. The molecule has 0 bridgehead atoms. The van der Waals surface area contributed by atoms with Crippen molar-refractivity contribution in [3.05, 3.63) is 59.2 Å². The van der Waals surface area contributed by atoms with Crippen molar-refractivity contribution in [3.8, 4) is 0 Å². The van der Waals surface area contributed by atoms with Crippen LogP contribution in [0.4, 0.5) is 0 Å². The van der Waals surface area contributed by atoms with Gasteiger partial charge in [-0.25, -0.2) is 0 Å². The number of aryl methyl sites for hydroxylation is 2. The lowest BCUT2D eigenvalue weighted by molar-refractivity contribution is 0.0154. The standard InChI is InChI=1S/C19H24N4O2/c1-14-11-16(12-15(2)22-14)19(24)21-13-18(17-5-3-4-6-20-17)23-7-9-25-10-8-23/h3-6,11-12,18H,7-10,13H2,1-2H3,(H,21,24)/t18-/m0/s1. The van der Waals surface area contributed by atoms with Crippen LogP contribution in [-0.2, 0) is 4.74 Å². The van der Waals surface area contributed by atoms with E-state index in [2.05, 4.69) is 20.2 Å². The monoisotopic (exact) mass is 340 g/mol. The highest BCUT2D eigenvalue weighted by molar-refractivity contribution is 5.94. The zero-order valence-corrected chi connectivity index (χ0v) is 14.7. The Morgan fingerprint density at radius 3 is 2.60 bits per heavy atom. The molecular weight excluding hydrogens is 316 g/mol. The van der Waals surface area contributed by atoms with Gasteiger partial charge in [-0.3, -0.25) is 19.7 Å². The van der Waals surface area contributed by atoms with Gasteiger partial charge in [0.1, 0.15) is 0 Å². The number of hydrogen-bond acceptors (Lipinski definition) is 5. The average Bonchev–Trinajstić information content (AvgIpc) is 2.63. The first-order valence-corrected chi connectivity index (χ1v) is 8.60. The number of ether oxygens (including phenoxy) is 1. The third-order valence-corrected chi connectivity index (χ3v) is 4.32. The van der Waals surface area contributed by atoms with E-state index in [4.69, 9.17) is 4.74 Å². The van der Waals surface area contributed by atoms with Crippen molar-refractivity contribution in [1.82, 2.24) is 20.2 Å². The average molecular weight is 340 g/mol. The van der Waals surface area contributed by atoms with Gasteiger partial charge in [-0.2, -0.15) is 0 Å². The van der Waals surface area contributed by atoms with Crippen LogP contribution in [0.25, 0.3) is 0 Å². The fourth-order valence-electron chi connectivity index (χ4n) is 3.14. The van der Waals surface area contributed by atoms with E-state index in [-0.39, 0.29) is 11.9 Å². The van der Waals surface area contributed by atoms with E-state index < -0.39 is 0 Å². The van der Waals surface area contributed by atoms with Crippen LogP contribution in [0.5, 0.6) is 0 Å². The molecule has 1 N–H and O–H groups in total. The SMILES string of the molecule is Cc1cc(C(=O)NC[C@@H](c2ccccn2)N2CCOCC2)cc(C)n1. The van der Waals surface area contributed by atoms with Crippen LogP contribution in [0.2, 0.25) is 0 Å². The Balaban J connectivity index is 1.72. The largest absolute Gasteiger partial charge is 0.379 e. The Kier molecular flexibility index (Phi) is 5.73. The van der Waals surface area contributed by atoms with E-state index in [1.807, 2.05) is 44.2 Å². The topological polar surface area (TPSA) is 67.4 Å². The van der Waals surface area contributed by atoms with Crippen molar-refractivity contribution in [1.29, 1.82) is 0 Å². The molecule has 1 atom stereocenters. The van der Waals surface area contributed by atoms with Gasteiger partial charge in [0, 0.05) is 42.8 Å². The predicted octanol–water partition coefficient (Wildman–Crippen LogP) is 1.90. The zero-order chi connectivity index (χ0) is 17.6. The molecule has 0 spiro atoms. The molecule has 6 nitrogen and oxygen atoms in total. The molecule has 0 radical (unpaired) electrons. The van der Waals surface area contributed by atoms with Gasteiger partial charge < -0.3 is 10.1 Å². The summed E-state index contributed by atoms with van der Waals surface area (Å²) in [5.74, 6) is -0.0807. The van der Waals surface area contributed by atoms with Gasteiger partial charge >= 0.3 is 0 Å². The van der Waals surface area contributed by atoms with Gasteiger partial charge in [0.25, 0.3) is 5.91 Å². The minimum Gasteiger partial charge on any atom is -0.379 e. The highest BCUT2D eigenvalue weighted by Gasteiger charge is 2.24. The Labute approximate surface area is 148 Å². The number of hydrogen-bond donors (Lipinski definition) is 1. The third kappa shape index (κ3) is 4.61. The molecule has 1 aliphatic heterocycles. The fraction of sp³-hybridized carbons (Fsp3) is 0.421. The van der Waals surface area contributed by atoms with Gasteiger partial charge in [0.2, 0.25) is 0 Å². The van der Waals surface area contributed by atoms with Gasteiger partial charge in [-0.05, 0) is 38.1 Å². The quantitative estimate of drug-likeness (QED) is 0.900. The number of nitrogens with one attached hydrogen (secondary N) is 1. The van der Waals surface area contributed by atoms with E-state index >= 15 is 0 Å². The summed E-state index contributed by atoms with van der Waals surface area (Å²) < 4.78 is 5.45. The predicted molar refractivity (Wildman–Crippen MR) is 95.4 cm³/mol. The van der Waals surface area contributed by atoms with E-state index in [1.165, 1.54) is 0 Å². The normalized spacial score (nSPS) is 16.4. The molecule has 0 saturated carbocycles. The maximum atomic E-state index is 12.6. The lowest BCUT2D eigenvalue weighted by Gasteiger charge is -2.34. The van der Waals surface area contributed by atoms with Crippen molar-refractivity contribution in [2.75, 3.05) is 32.8 Å². The minimum atomic E-state index is -0.0807. The smallest absolute Gasteiger partial charge is 0.251 e. The molecule has 3 heterocycles. The summed E-state index contributed by atoms with van der Waals surface area (Å²) >= 11 is 0. The second-order valence-corrected chi connectivity index (χ2v) is 6.27. The first kappa shape index (κ1) is 17.5. The number of pyridine rings is 2. The Morgan fingerprint density at radius 1 is 1.24 bits per heavy atom. The molecule has 0 aromatic carbocycles. The van der Waals surface area contributed by atoms with Crippen molar-refractivity contribution >= 4 is 5.91 Å². The zero-order valence-electron chi connectivity index (χ0n) is 14.7. The number of nitrogens with zero attached hydrogens (tertiary/aromatic N) is 3. The molecule has 2 aromatic rings. The second-order valence-electron chi connectivity index (χ2n) is 6.27. The van der Waals surface area contributed by atoms with Crippen LogP contribution in [0, 0.1) is 13.8 Å². The molecule has 0 aliphatic carbocycles. The molecule has 0 unspecified atom stereocenters. The molecule has 1 amide bonds. The number of carbonyl (C=O) groups excluding carboxylic acids is 1. The maximum absolute atomic E-state index is 12.6. The van der Waals surface area contributed by atoms with Crippen LogP contribution < -0.4 is 5.32 Å². The number of rotatable bonds is 5. The van der Waals surface area contributed by atoms with E-state index in [9.17, 15) is 4.79 Å². The lowest BCUT2D eigenvalue weighted by atomic mass is 10.1. The van der Waals surface area contributed by atoms with Crippen LogP contribution in [0.15, 0.2) is 36.5 Å². The first-order valence-electron chi connectivity index (χ1n) is 8.60. The van der Waals surface area contributed by atoms with Crippen LogP contribution >= 0.6 is 0 Å². The van der Waals surface area contributed by atoms with Crippen molar-refractivity contribution < 1.29 is 9.53 Å². The van der Waals surface area contributed by atoms with Crippen molar-refractivity contribution in [3.63, 3.8) is 0 Å². The number of aromatic nitrogens is 2. The summed E-state index contributed by atoms with van der Waals surface area (Å²) in [5, 5.41) is 3.06. The van der Waals surface area contributed by atoms with Gasteiger partial charge in [-0.15, -0.1) is 0 Å². The molecule has 132 valence electrons. The third-order valence-electron chi connectivity index (χ3n) is 4.32. The molecule has 1 saturated heterocycles. The molecule has 1 fully saturated rings. The summed E-state index contributed by atoms with van der Waals surface area (Å²) in [5.41, 5.74) is 3.30. The highest BCUT2D eigenvalue weighted by Crippen LogP contribution is 2.19. The first-order chi connectivity index (χ1) is 12.1. The molecule has 3 rings (SSSR count). The Hall–Kier alpha value is -2.31. The lowest BCUT2D eigenvalue weighted by Crippen LogP contribution is -2.44. The maximum Gasteiger partial charge on any atom is 0.251 e. The molecule has 6 heteroatoms.